The van der Waals surface area contributed by atoms with Gasteiger partial charge in [-0.05, 0) is 49.7 Å². The second-order valence-electron chi connectivity index (χ2n) is 5.06. The van der Waals surface area contributed by atoms with Gasteiger partial charge in [0.25, 0.3) is 0 Å². The van der Waals surface area contributed by atoms with Gasteiger partial charge in [0.15, 0.2) is 0 Å². The topological polar surface area (TPSA) is 34.2 Å². The highest BCUT2D eigenvalue weighted by Gasteiger charge is 2.10. The van der Waals surface area contributed by atoms with Gasteiger partial charge in [0.1, 0.15) is 6.61 Å². The number of pyridine rings is 1. The van der Waals surface area contributed by atoms with Crippen LogP contribution in [0.2, 0.25) is 0 Å². The summed E-state index contributed by atoms with van der Waals surface area (Å²) in [4.78, 5) is 4.55. The molecule has 0 amide bonds. The highest BCUT2D eigenvalue weighted by atomic mass is 79.9. The third-order valence-electron chi connectivity index (χ3n) is 3.28. The molecule has 1 N–H and O–H groups in total. The number of nitrogens with zero attached hydrogens (tertiary/aromatic N) is 1. The van der Waals surface area contributed by atoms with E-state index in [0.29, 0.717) is 6.61 Å². The van der Waals surface area contributed by atoms with Crippen LogP contribution in [0.4, 0.5) is 0 Å². The molecular formula is C17H21BrN2O. The van der Waals surface area contributed by atoms with Crippen molar-refractivity contribution in [3.05, 3.63) is 57.2 Å². The second kappa shape index (κ2) is 7.57. The van der Waals surface area contributed by atoms with Gasteiger partial charge in [0, 0.05) is 22.3 Å². The molecule has 0 unspecified atom stereocenters. The molecule has 0 aliphatic carbocycles. The molecular weight excluding hydrogens is 328 g/mol. The standard InChI is InChI=1S/C17H21BrN2O/c1-4-19-10-16-12(2)9-13(3)20-17(16)21-11-14-5-7-15(18)8-6-14/h5-9,19H,4,10-11H2,1-3H3. The fourth-order valence-electron chi connectivity index (χ4n) is 2.15. The zero-order chi connectivity index (χ0) is 15.2. The van der Waals surface area contributed by atoms with Crippen LogP contribution in [0.15, 0.2) is 34.8 Å². The third-order valence-corrected chi connectivity index (χ3v) is 3.81. The SMILES string of the molecule is CCNCc1c(C)cc(C)nc1OCc1ccc(Br)cc1. The van der Waals surface area contributed by atoms with E-state index in [0.717, 1.165) is 40.3 Å². The Morgan fingerprint density at radius 1 is 1.19 bits per heavy atom. The molecule has 3 nitrogen and oxygen atoms in total. The molecule has 0 saturated heterocycles. The molecule has 112 valence electrons. The van der Waals surface area contributed by atoms with Gasteiger partial charge in [-0.15, -0.1) is 0 Å². The summed E-state index contributed by atoms with van der Waals surface area (Å²) < 4.78 is 7.03. The summed E-state index contributed by atoms with van der Waals surface area (Å²) in [7, 11) is 0. The van der Waals surface area contributed by atoms with Gasteiger partial charge in [0.2, 0.25) is 5.88 Å². The van der Waals surface area contributed by atoms with Crippen LogP contribution in [0.25, 0.3) is 0 Å². The van der Waals surface area contributed by atoms with E-state index in [1.807, 2.05) is 19.1 Å². The molecule has 0 aliphatic rings. The summed E-state index contributed by atoms with van der Waals surface area (Å²) in [6.45, 7) is 8.44. The Balaban J connectivity index is 2.15. The maximum atomic E-state index is 5.96. The average Bonchev–Trinajstić information content (AvgIpc) is 2.45. The molecule has 0 radical (unpaired) electrons. The van der Waals surface area contributed by atoms with Gasteiger partial charge in [-0.3, -0.25) is 0 Å². The fraction of sp³-hybridized carbons (Fsp3) is 0.353. The van der Waals surface area contributed by atoms with E-state index < -0.39 is 0 Å². The van der Waals surface area contributed by atoms with Crippen LogP contribution in [0.3, 0.4) is 0 Å². The molecule has 21 heavy (non-hydrogen) atoms. The largest absolute Gasteiger partial charge is 0.473 e. The van der Waals surface area contributed by atoms with E-state index in [-0.39, 0.29) is 0 Å². The van der Waals surface area contributed by atoms with Gasteiger partial charge in [-0.25, -0.2) is 4.98 Å². The lowest BCUT2D eigenvalue weighted by molar-refractivity contribution is 0.288. The zero-order valence-electron chi connectivity index (χ0n) is 12.7. The van der Waals surface area contributed by atoms with Crippen molar-refractivity contribution >= 4 is 15.9 Å². The number of hydrogen-bond donors (Lipinski definition) is 1. The summed E-state index contributed by atoms with van der Waals surface area (Å²) in [5.41, 5.74) is 4.47. The molecule has 0 bridgehead atoms. The summed E-state index contributed by atoms with van der Waals surface area (Å²) in [5.74, 6) is 0.733. The first-order chi connectivity index (χ1) is 10.1. The van der Waals surface area contributed by atoms with Crippen LogP contribution < -0.4 is 10.1 Å². The number of rotatable bonds is 6. The first-order valence-electron chi connectivity index (χ1n) is 7.15. The smallest absolute Gasteiger partial charge is 0.218 e. The van der Waals surface area contributed by atoms with E-state index in [1.165, 1.54) is 5.56 Å². The predicted molar refractivity (Wildman–Crippen MR) is 89.6 cm³/mol. The minimum atomic E-state index is 0.530. The van der Waals surface area contributed by atoms with Crippen molar-refractivity contribution in [2.24, 2.45) is 0 Å². The molecule has 2 rings (SSSR count). The fourth-order valence-corrected chi connectivity index (χ4v) is 2.41. The van der Waals surface area contributed by atoms with Crippen LogP contribution in [-0.2, 0) is 13.2 Å². The van der Waals surface area contributed by atoms with Crippen molar-refractivity contribution in [1.82, 2.24) is 10.3 Å². The highest BCUT2D eigenvalue weighted by Crippen LogP contribution is 2.22. The molecule has 0 fully saturated rings. The van der Waals surface area contributed by atoms with Gasteiger partial charge in [0.05, 0.1) is 0 Å². The summed E-state index contributed by atoms with van der Waals surface area (Å²) in [6, 6.07) is 10.2. The lowest BCUT2D eigenvalue weighted by atomic mass is 10.1. The Morgan fingerprint density at radius 2 is 1.90 bits per heavy atom. The van der Waals surface area contributed by atoms with Crippen LogP contribution in [0, 0.1) is 13.8 Å². The van der Waals surface area contributed by atoms with Crippen molar-refractivity contribution in [3.63, 3.8) is 0 Å². The first kappa shape index (κ1) is 16.0. The molecule has 0 aliphatic heterocycles. The molecule has 1 aromatic heterocycles. The summed E-state index contributed by atoms with van der Waals surface area (Å²) in [6.07, 6.45) is 0. The van der Waals surface area contributed by atoms with Gasteiger partial charge >= 0.3 is 0 Å². The summed E-state index contributed by atoms with van der Waals surface area (Å²) in [5, 5.41) is 3.34. The lowest BCUT2D eigenvalue weighted by Gasteiger charge is -2.14. The van der Waals surface area contributed by atoms with Crippen molar-refractivity contribution in [2.75, 3.05) is 6.54 Å². The molecule has 0 saturated carbocycles. The van der Waals surface area contributed by atoms with Crippen LogP contribution in [0.5, 0.6) is 5.88 Å². The van der Waals surface area contributed by atoms with Crippen LogP contribution >= 0.6 is 15.9 Å². The van der Waals surface area contributed by atoms with Gasteiger partial charge in [-0.1, -0.05) is 35.0 Å². The number of aromatic nitrogens is 1. The number of halogens is 1. The Kier molecular flexibility index (Phi) is 5.76. The van der Waals surface area contributed by atoms with E-state index in [1.54, 1.807) is 0 Å². The minimum absolute atomic E-state index is 0.530. The average molecular weight is 349 g/mol. The van der Waals surface area contributed by atoms with Crippen LogP contribution in [-0.4, -0.2) is 11.5 Å². The molecule has 0 spiro atoms. The number of benzene rings is 1. The molecule has 2 aromatic rings. The Bertz CT molecular complexity index is 596. The van der Waals surface area contributed by atoms with Crippen molar-refractivity contribution in [2.45, 2.75) is 33.9 Å². The minimum Gasteiger partial charge on any atom is -0.473 e. The number of aryl methyl sites for hydroxylation is 2. The third kappa shape index (κ3) is 4.55. The monoisotopic (exact) mass is 348 g/mol. The second-order valence-corrected chi connectivity index (χ2v) is 5.98. The van der Waals surface area contributed by atoms with E-state index in [4.69, 9.17) is 4.74 Å². The Labute approximate surface area is 134 Å². The van der Waals surface area contributed by atoms with E-state index in [2.05, 4.69) is 58.3 Å². The normalized spacial score (nSPS) is 10.7. The molecule has 0 atom stereocenters. The number of nitrogens with one attached hydrogen (secondary N) is 1. The molecule has 4 heteroatoms. The Hall–Kier alpha value is -1.39. The quantitative estimate of drug-likeness (QED) is 0.851. The first-order valence-corrected chi connectivity index (χ1v) is 7.94. The number of ether oxygens (including phenoxy) is 1. The van der Waals surface area contributed by atoms with E-state index in [9.17, 15) is 0 Å². The summed E-state index contributed by atoms with van der Waals surface area (Å²) >= 11 is 3.44. The van der Waals surface area contributed by atoms with Crippen molar-refractivity contribution in [3.8, 4) is 5.88 Å². The van der Waals surface area contributed by atoms with Gasteiger partial charge < -0.3 is 10.1 Å². The van der Waals surface area contributed by atoms with Crippen LogP contribution in [0.1, 0.15) is 29.3 Å². The molecule has 1 heterocycles. The maximum Gasteiger partial charge on any atom is 0.218 e. The van der Waals surface area contributed by atoms with Crippen molar-refractivity contribution in [1.29, 1.82) is 0 Å². The zero-order valence-corrected chi connectivity index (χ0v) is 14.3. The van der Waals surface area contributed by atoms with Gasteiger partial charge in [-0.2, -0.15) is 0 Å². The van der Waals surface area contributed by atoms with Crippen molar-refractivity contribution < 1.29 is 4.74 Å². The maximum absolute atomic E-state index is 5.96. The predicted octanol–water partition coefficient (Wildman–Crippen LogP) is 4.15. The molecule has 1 aromatic carbocycles. The van der Waals surface area contributed by atoms with E-state index >= 15 is 0 Å². The Morgan fingerprint density at radius 3 is 2.57 bits per heavy atom. The highest BCUT2D eigenvalue weighted by molar-refractivity contribution is 9.10. The lowest BCUT2D eigenvalue weighted by Crippen LogP contribution is -2.15. The number of hydrogen-bond acceptors (Lipinski definition) is 3.